The molecule has 3 N–H and O–H groups in total. The standard InChI is InChI=1S/C9H20N2/c1-8-3-5-9(7-10,11-2)6-4-8/h8,11H,3-7,10H2,1-2H3. The second-order valence-corrected chi connectivity index (χ2v) is 3.92. The lowest BCUT2D eigenvalue weighted by molar-refractivity contribution is 0.214. The fourth-order valence-electron chi connectivity index (χ4n) is 1.87. The molecule has 0 atom stereocenters. The minimum absolute atomic E-state index is 0.270. The van der Waals surface area contributed by atoms with Gasteiger partial charge in [-0.1, -0.05) is 6.92 Å². The number of nitrogens with two attached hydrogens (primary N) is 1. The Balaban J connectivity index is 2.45. The maximum Gasteiger partial charge on any atom is 0.0301 e. The third-order valence-electron chi connectivity index (χ3n) is 3.15. The van der Waals surface area contributed by atoms with E-state index < -0.39 is 0 Å². The number of nitrogens with one attached hydrogen (secondary N) is 1. The average Bonchev–Trinajstić information content (AvgIpc) is 2.07. The SMILES string of the molecule is CNC1(CN)CCC(C)CC1. The number of hydrogen-bond acceptors (Lipinski definition) is 2. The molecule has 1 fully saturated rings. The van der Waals surface area contributed by atoms with Crippen molar-refractivity contribution in [1.29, 1.82) is 0 Å². The molecule has 0 aromatic carbocycles. The molecular formula is C9H20N2. The van der Waals surface area contributed by atoms with E-state index in [9.17, 15) is 0 Å². The Labute approximate surface area is 69.5 Å². The van der Waals surface area contributed by atoms with Gasteiger partial charge >= 0.3 is 0 Å². The highest BCUT2D eigenvalue weighted by Gasteiger charge is 2.30. The Bertz CT molecular complexity index is 109. The van der Waals surface area contributed by atoms with Crippen LogP contribution in [0.15, 0.2) is 0 Å². The van der Waals surface area contributed by atoms with Crippen molar-refractivity contribution in [1.82, 2.24) is 5.32 Å². The predicted molar refractivity (Wildman–Crippen MR) is 48.5 cm³/mol. The highest BCUT2D eigenvalue weighted by atomic mass is 15.0. The molecule has 1 aliphatic rings. The Hall–Kier alpha value is -0.0800. The van der Waals surface area contributed by atoms with E-state index >= 15 is 0 Å². The van der Waals surface area contributed by atoms with Crippen molar-refractivity contribution in [2.45, 2.75) is 38.1 Å². The smallest absolute Gasteiger partial charge is 0.0301 e. The van der Waals surface area contributed by atoms with Gasteiger partial charge in [0.1, 0.15) is 0 Å². The van der Waals surface area contributed by atoms with Gasteiger partial charge in [-0.3, -0.25) is 0 Å². The summed E-state index contributed by atoms with van der Waals surface area (Å²) in [6.07, 6.45) is 5.17. The van der Waals surface area contributed by atoms with Crippen LogP contribution in [0, 0.1) is 5.92 Å². The molecule has 0 aliphatic heterocycles. The van der Waals surface area contributed by atoms with Crippen LogP contribution in [0.4, 0.5) is 0 Å². The van der Waals surface area contributed by atoms with Crippen LogP contribution in [0.25, 0.3) is 0 Å². The van der Waals surface area contributed by atoms with Crippen LogP contribution in [-0.4, -0.2) is 19.1 Å². The van der Waals surface area contributed by atoms with E-state index in [1.807, 2.05) is 7.05 Å². The highest BCUT2D eigenvalue weighted by Crippen LogP contribution is 2.30. The van der Waals surface area contributed by atoms with Crippen molar-refractivity contribution in [2.24, 2.45) is 11.7 Å². The molecule has 0 bridgehead atoms. The summed E-state index contributed by atoms with van der Waals surface area (Å²) in [6, 6.07) is 0. The molecule has 1 rings (SSSR count). The summed E-state index contributed by atoms with van der Waals surface area (Å²) >= 11 is 0. The summed E-state index contributed by atoms with van der Waals surface area (Å²) in [5.74, 6) is 0.906. The summed E-state index contributed by atoms with van der Waals surface area (Å²) in [5.41, 5.74) is 6.00. The largest absolute Gasteiger partial charge is 0.329 e. The van der Waals surface area contributed by atoms with Gasteiger partial charge in [0.15, 0.2) is 0 Å². The van der Waals surface area contributed by atoms with Gasteiger partial charge in [0, 0.05) is 12.1 Å². The van der Waals surface area contributed by atoms with E-state index in [0.717, 1.165) is 12.5 Å². The van der Waals surface area contributed by atoms with Gasteiger partial charge in [0.05, 0.1) is 0 Å². The van der Waals surface area contributed by atoms with E-state index in [0.29, 0.717) is 0 Å². The molecule has 66 valence electrons. The van der Waals surface area contributed by atoms with Crippen molar-refractivity contribution < 1.29 is 0 Å². The van der Waals surface area contributed by atoms with E-state index in [-0.39, 0.29) is 5.54 Å². The van der Waals surface area contributed by atoms with E-state index in [1.165, 1.54) is 25.7 Å². The number of hydrogen-bond donors (Lipinski definition) is 2. The lowest BCUT2D eigenvalue weighted by Crippen LogP contribution is -2.51. The Morgan fingerprint density at radius 1 is 1.45 bits per heavy atom. The molecule has 0 aromatic rings. The molecule has 2 nitrogen and oxygen atoms in total. The van der Waals surface area contributed by atoms with Crippen molar-refractivity contribution in [2.75, 3.05) is 13.6 Å². The third-order valence-corrected chi connectivity index (χ3v) is 3.15. The summed E-state index contributed by atoms with van der Waals surface area (Å²) in [5, 5.41) is 3.36. The predicted octanol–water partition coefficient (Wildman–Crippen LogP) is 1.11. The van der Waals surface area contributed by atoms with Crippen LogP contribution in [0.3, 0.4) is 0 Å². The van der Waals surface area contributed by atoms with Gasteiger partial charge in [0.25, 0.3) is 0 Å². The van der Waals surface area contributed by atoms with Gasteiger partial charge in [-0.05, 0) is 38.6 Å². The van der Waals surface area contributed by atoms with Gasteiger partial charge in [-0.2, -0.15) is 0 Å². The second kappa shape index (κ2) is 3.55. The van der Waals surface area contributed by atoms with Crippen molar-refractivity contribution in [3.05, 3.63) is 0 Å². The van der Waals surface area contributed by atoms with Crippen LogP contribution in [0.5, 0.6) is 0 Å². The molecule has 0 heterocycles. The minimum Gasteiger partial charge on any atom is -0.329 e. The first-order valence-electron chi connectivity index (χ1n) is 4.61. The first kappa shape index (κ1) is 9.01. The average molecular weight is 156 g/mol. The van der Waals surface area contributed by atoms with Crippen LogP contribution in [0.2, 0.25) is 0 Å². The Morgan fingerprint density at radius 3 is 2.36 bits per heavy atom. The zero-order valence-corrected chi connectivity index (χ0v) is 7.69. The second-order valence-electron chi connectivity index (χ2n) is 3.92. The van der Waals surface area contributed by atoms with Gasteiger partial charge in [-0.25, -0.2) is 0 Å². The molecule has 11 heavy (non-hydrogen) atoms. The molecule has 0 amide bonds. The topological polar surface area (TPSA) is 38.0 Å². The molecule has 0 spiro atoms. The number of rotatable bonds is 2. The quantitative estimate of drug-likeness (QED) is 0.628. The minimum atomic E-state index is 0.270. The summed E-state index contributed by atoms with van der Waals surface area (Å²) in [7, 11) is 2.03. The zero-order chi connectivity index (χ0) is 8.32. The Morgan fingerprint density at radius 2 is 2.00 bits per heavy atom. The molecule has 0 unspecified atom stereocenters. The summed E-state index contributed by atoms with van der Waals surface area (Å²) in [4.78, 5) is 0. The van der Waals surface area contributed by atoms with Crippen LogP contribution < -0.4 is 11.1 Å². The van der Waals surface area contributed by atoms with Gasteiger partial charge in [0.2, 0.25) is 0 Å². The van der Waals surface area contributed by atoms with Gasteiger partial charge < -0.3 is 11.1 Å². The van der Waals surface area contributed by atoms with Crippen molar-refractivity contribution >= 4 is 0 Å². The maximum atomic E-state index is 5.73. The van der Waals surface area contributed by atoms with Crippen LogP contribution >= 0.6 is 0 Å². The van der Waals surface area contributed by atoms with Crippen LogP contribution in [0.1, 0.15) is 32.6 Å². The molecule has 1 aliphatic carbocycles. The lowest BCUT2D eigenvalue weighted by Gasteiger charge is -2.38. The molecule has 0 aromatic heterocycles. The number of likely N-dealkylation sites (N-methyl/N-ethyl adjacent to an activating group) is 1. The fraction of sp³-hybridized carbons (Fsp3) is 1.00. The first-order chi connectivity index (χ1) is 5.22. The summed E-state index contributed by atoms with van der Waals surface area (Å²) in [6.45, 7) is 3.12. The monoisotopic (exact) mass is 156 g/mol. The summed E-state index contributed by atoms with van der Waals surface area (Å²) < 4.78 is 0. The molecule has 1 saturated carbocycles. The van der Waals surface area contributed by atoms with E-state index in [2.05, 4.69) is 12.2 Å². The van der Waals surface area contributed by atoms with Crippen molar-refractivity contribution in [3.63, 3.8) is 0 Å². The molecule has 0 saturated heterocycles. The lowest BCUT2D eigenvalue weighted by atomic mass is 9.77. The van der Waals surface area contributed by atoms with E-state index in [1.54, 1.807) is 0 Å². The zero-order valence-electron chi connectivity index (χ0n) is 7.69. The van der Waals surface area contributed by atoms with Crippen molar-refractivity contribution in [3.8, 4) is 0 Å². The highest BCUT2D eigenvalue weighted by molar-refractivity contribution is 4.91. The molecule has 0 radical (unpaired) electrons. The van der Waals surface area contributed by atoms with Gasteiger partial charge in [-0.15, -0.1) is 0 Å². The molecular weight excluding hydrogens is 136 g/mol. The van der Waals surface area contributed by atoms with Crippen LogP contribution in [-0.2, 0) is 0 Å². The maximum absolute atomic E-state index is 5.73. The Kier molecular flexibility index (Phi) is 2.90. The fourth-order valence-corrected chi connectivity index (χ4v) is 1.87. The molecule has 2 heteroatoms. The third kappa shape index (κ3) is 1.94. The first-order valence-corrected chi connectivity index (χ1v) is 4.61. The van der Waals surface area contributed by atoms with E-state index in [4.69, 9.17) is 5.73 Å². The normalized spacial score (nSPS) is 39.0.